The largest absolute Gasteiger partial charge is 0.318 e. The molecule has 0 aliphatic heterocycles. The zero-order valence-corrected chi connectivity index (χ0v) is 11.6. The zero-order valence-electron chi connectivity index (χ0n) is 11.6. The number of hydrogen-bond acceptors (Lipinski definition) is 2. The van der Waals surface area contributed by atoms with E-state index >= 15 is 0 Å². The van der Waals surface area contributed by atoms with E-state index in [2.05, 4.69) is 24.5 Å². The Bertz CT molecular complexity index is 126. The lowest BCUT2D eigenvalue weighted by Crippen LogP contribution is -2.26. The van der Waals surface area contributed by atoms with Crippen LogP contribution in [0.25, 0.3) is 0 Å². The van der Waals surface area contributed by atoms with Gasteiger partial charge < -0.3 is 10.6 Å². The zero-order chi connectivity index (χ0) is 12.1. The van der Waals surface area contributed by atoms with Crippen LogP contribution in [0.4, 0.5) is 0 Å². The maximum absolute atomic E-state index is 3.50. The van der Waals surface area contributed by atoms with Crippen LogP contribution in [0, 0.1) is 5.92 Å². The van der Waals surface area contributed by atoms with E-state index in [-0.39, 0.29) is 0 Å². The highest BCUT2D eigenvalue weighted by molar-refractivity contribution is 4.61. The molecule has 0 aromatic rings. The van der Waals surface area contributed by atoms with Crippen molar-refractivity contribution in [3.63, 3.8) is 0 Å². The number of rotatable bonds is 12. The van der Waals surface area contributed by atoms with Crippen molar-refractivity contribution in [2.75, 3.05) is 26.7 Å². The average molecular weight is 228 g/mol. The second-order valence-corrected chi connectivity index (χ2v) is 4.79. The monoisotopic (exact) mass is 228 g/mol. The van der Waals surface area contributed by atoms with Gasteiger partial charge in [0.25, 0.3) is 0 Å². The van der Waals surface area contributed by atoms with Gasteiger partial charge in [-0.15, -0.1) is 0 Å². The van der Waals surface area contributed by atoms with E-state index in [1.54, 1.807) is 0 Å². The lowest BCUT2D eigenvalue weighted by molar-refractivity contribution is 0.388. The molecule has 2 N–H and O–H groups in total. The molecular formula is C14H32N2. The fraction of sp³-hybridized carbons (Fsp3) is 1.00. The van der Waals surface area contributed by atoms with Crippen molar-refractivity contribution in [2.24, 2.45) is 5.92 Å². The van der Waals surface area contributed by atoms with Gasteiger partial charge in [0.15, 0.2) is 0 Å². The molecule has 0 heterocycles. The van der Waals surface area contributed by atoms with Crippen LogP contribution < -0.4 is 10.6 Å². The molecule has 0 saturated carbocycles. The van der Waals surface area contributed by atoms with Crippen LogP contribution in [0.5, 0.6) is 0 Å². The Labute approximate surface area is 103 Å². The Balaban J connectivity index is 3.43. The molecule has 2 nitrogen and oxygen atoms in total. The summed E-state index contributed by atoms with van der Waals surface area (Å²) in [5.74, 6) is 0.957. The van der Waals surface area contributed by atoms with Crippen LogP contribution in [-0.2, 0) is 0 Å². The summed E-state index contributed by atoms with van der Waals surface area (Å²) in [6.45, 7) is 7.96. The van der Waals surface area contributed by atoms with Gasteiger partial charge in [-0.3, -0.25) is 0 Å². The van der Waals surface area contributed by atoms with Crippen molar-refractivity contribution in [3.05, 3.63) is 0 Å². The molecule has 16 heavy (non-hydrogen) atoms. The number of likely N-dealkylation sites (N-methyl/N-ethyl adjacent to an activating group) is 1. The third-order valence-electron chi connectivity index (χ3n) is 3.19. The van der Waals surface area contributed by atoms with E-state index in [0.717, 1.165) is 19.0 Å². The first kappa shape index (κ1) is 15.9. The quantitative estimate of drug-likeness (QED) is 0.501. The Morgan fingerprint density at radius 2 is 1.62 bits per heavy atom. The molecule has 98 valence electrons. The third-order valence-corrected chi connectivity index (χ3v) is 3.19. The van der Waals surface area contributed by atoms with Crippen molar-refractivity contribution in [2.45, 2.75) is 58.8 Å². The molecule has 0 bridgehead atoms. The minimum Gasteiger partial charge on any atom is -0.318 e. The van der Waals surface area contributed by atoms with Crippen molar-refractivity contribution in [1.82, 2.24) is 10.6 Å². The van der Waals surface area contributed by atoms with Crippen LogP contribution in [0.3, 0.4) is 0 Å². The predicted octanol–water partition coefficient (Wildman–Crippen LogP) is 3.18. The van der Waals surface area contributed by atoms with Gasteiger partial charge in [-0.1, -0.05) is 52.4 Å². The molecule has 0 saturated heterocycles. The highest BCUT2D eigenvalue weighted by Crippen LogP contribution is 2.18. The van der Waals surface area contributed by atoms with Gasteiger partial charge >= 0.3 is 0 Å². The molecular weight excluding hydrogens is 196 g/mol. The van der Waals surface area contributed by atoms with Gasteiger partial charge in [0.1, 0.15) is 0 Å². The first-order chi connectivity index (χ1) is 7.85. The number of hydrogen-bond donors (Lipinski definition) is 2. The normalized spacial score (nSPS) is 12.9. The summed E-state index contributed by atoms with van der Waals surface area (Å²) < 4.78 is 0. The predicted molar refractivity (Wildman–Crippen MR) is 74.0 cm³/mol. The van der Waals surface area contributed by atoms with E-state index in [9.17, 15) is 0 Å². The summed E-state index contributed by atoms with van der Waals surface area (Å²) in [5.41, 5.74) is 0. The summed E-state index contributed by atoms with van der Waals surface area (Å²) in [6, 6.07) is 0. The van der Waals surface area contributed by atoms with Gasteiger partial charge in [-0.2, -0.15) is 0 Å². The van der Waals surface area contributed by atoms with Gasteiger partial charge in [0, 0.05) is 13.1 Å². The Kier molecular flexibility index (Phi) is 12.9. The lowest BCUT2D eigenvalue weighted by Gasteiger charge is -2.16. The van der Waals surface area contributed by atoms with Gasteiger partial charge in [-0.05, 0) is 25.9 Å². The molecule has 0 rings (SSSR count). The van der Waals surface area contributed by atoms with Crippen LogP contribution >= 0.6 is 0 Å². The van der Waals surface area contributed by atoms with Crippen molar-refractivity contribution < 1.29 is 0 Å². The van der Waals surface area contributed by atoms with E-state index in [1.807, 2.05) is 7.05 Å². The molecule has 0 aliphatic carbocycles. The topological polar surface area (TPSA) is 24.1 Å². The highest BCUT2D eigenvalue weighted by atomic mass is 14.9. The molecule has 0 aromatic heterocycles. The summed E-state index contributed by atoms with van der Waals surface area (Å²) >= 11 is 0. The molecule has 0 unspecified atom stereocenters. The fourth-order valence-electron chi connectivity index (χ4n) is 2.17. The maximum atomic E-state index is 3.50. The molecule has 0 aromatic carbocycles. The van der Waals surface area contributed by atoms with Crippen LogP contribution in [0.15, 0.2) is 0 Å². The van der Waals surface area contributed by atoms with Crippen LogP contribution in [0.2, 0.25) is 0 Å². The Morgan fingerprint density at radius 1 is 0.812 bits per heavy atom. The lowest BCUT2D eigenvalue weighted by atomic mass is 9.93. The number of nitrogens with one attached hydrogen (secondary N) is 2. The molecule has 0 amide bonds. The SMILES string of the molecule is CCCCC[C@@H](CCC)CCNCCNC. The van der Waals surface area contributed by atoms with Gasteiger partial charge in [0.2, 0.25) is 0 Å². The average Bonchev–Trinajstić information content (AvgIpc) is 2.29. The fourth-order valence-corrected chi connectivity index (χ4v) is 2.17. The van der Waals surface area contributed by atoms with E-state index in [1.165, 1.54) is 51.5 Å². The molecule has 0 fully saturated rings. The van der Waals surface area contributed by atoms with E-state index in [0.29, 0.717) is 0 Å². The second kappa shape index (κ2) is 13.0. The van der Waals surface area contributed by atoms with Crippen LogP contribution in [-0.4, -0.2) is 26.7 Å². The third kappa shape index (κ3) is 10.4. The number of unbranched alkanes of at least 4 members (excludes halogenated alkanes) is 2. The molecule has 0 aliphatic rings. The minimum atomic E-state index is 0.957. The van der Waals surface area contributed by atoms with Gasteiger partial charge in [-0.25, -0.2) is 0 Å². The Hall–Kier alpha value is -0.0800. The van der Waals surface area contributed by atoms with Crippen molar-refractivity contribution in [1.29, 1.82) is 0 Å². The summed E-state index contributed by atoms with van der Waals surface area (Å²) in [7, 11) is 2.01. The first-order valence-corrected chi connectivity index (χ1v) is 7.20. The smallest absolute Gasteiger partial charge is 0.00766 e. The Morgan fingerprint density at radius 3 is 2.25 bits per heavy atom. The summed E-state index contributed by atoms with van der Waals surface area (Å²) in [5, 5.41) is 6.66. The molecule has 2 heteroatoms. The highest BCUT2D eigenvalue weighted by Gasteiger charge is 2.06. The van der Waals surface area contributed by atoms with Crippen LogP contribution in [0.1, 0.15) is 58.8 Å². The van der Waals surface area contributed by atoms with Crippen molar-refractivity contribution >= 4 is 0 Å². The van der Waals surface area contributed by atoms with Gasteiger partial charge in [0.05, 0.1) is 0 Å². The summed E-state index contributed by atoms with van der Waals surface area (Å²) in [4.78, 5) is 0. The maximum Gasteiger partial charge on any atom is 0.00766 e. The van der Waals surface area contributed by atoms with Crippen molar-refractivity contribution in [3.8, 4) is 0 Å². The first-order valence-electron chi connectivity index (χ1n) is 7.20. The molecule has 0 radical (unpaired) electrons. The standard InChI is InChI=1S/C14H32N2/c1-4-6-7-9-14(8-5-2)10-11-16-13-12-15-3/h14-16H,4-13H2,1-3H3/t14-/m1/s1. The van der Waals surface area contributed by atoms with E-state index in [4.69, 9.17) is 0 Å². The molecule has 0 spiro atoms. The second-order valence-electron chi connectivity index (χ2n) is 4.79. The molecule has 1 atom stereocenters. The van der Waals surface area contributed by atoms with E-state index < -0.39 is 0 Å². The minimum absolute atomic E-state index is 0.957. The summed E-state index contributed by atoms with van der Waals surface area (Å²) in [6.07, 6.45) is 9.74.